The van der Waals surface area contributed by atoms with E-state index in [2.05, 4.69) is 23.8 Å². The minimum absolute atomic E-state index is 0.355. The first-order valence-electron chi connectivity index (χ1n) is 6.93. The summed E-state index contributed by atoms with van der Waals surface area (Å²) in [4.78, 5) is 16.0. The highest BCUT2D eigenvalue weighted by atomic mass is 16.4. The summed E-state index contributed by atoms with van der Waals surface area (Å²) in [6, 6.07) is 0.949. The number of nitrogens with zero attached hydrogens (tertiary/aromatic N) is 2. The lowest BCUT2D eigenvalue weighted by Crippen LogP contribution is -2.55. The van der Waals surface area contributed by atoms with Gasteiger partial charge in [-0.05, 0) is 32.7 Å². The van der Waals surface area contributed by atoms with Crippen molar-refractivity contribution in [3.63, 3.8) is 0 Å². The van der Waals surface area contributed by atoms with Gasteiger partial charge in [-0.3, -0.25) is 9.69 Å². The van der Waals surface area contributed by atoms with Gasteiger partial charge < -0.3 is 15.7 Å². The first-order chi connectivity index (χ1) is 8.46. The third kappa shape index (κ3) is 2.53. The fourth-order valence-corrected chi connectivity index (χ4v) is 3.30. The van der Waals surface area contributed by atoms with Crippen molar-refractivity contribution in [3.8, 4) is 0 Å². The summed E-state index contributed by atoms with van der Waals surface area (Å²) in [5, 5.41) is 9.18. The van der Waals surface area contributed by atoms with Gasteiger partial charge in [-0.15, -0.1) is 0 Å². The maximum absolute atomic E-state index is 11.2. The predicted molar refractivity (Wildman–Crippen MR) is 70.5 cm³/mol. The van der Waals surface area contributed by atoms with Gasteiger partial charge in [0, 0.05) is 31.7 Å². The summed E-state index contributed by atoms with van der Waals surface area (Å²) in [7, 11) is 2.17. The number of nitrogens with two attached hydrogens (primary N) is 1. The Kier molecular flexibility index (Phi) is 3.94. The SMILES string of the molecule is CCC1CN(C2CCC(N)(C(=O)O)C2)CCN1C. The average Bonchev–Trinajstić information content (AvgIpc) is 2.74. The Morgan fingerprint density at radius 3 is 2.78 bits per heavy atom. The van der Waals surface area contributed by atoms with Crippen molar-refractivity contribution in [1.82, 2.24) is 9.80 Å². The first-order valence-corrected chi connectivity index (χ1v) is 6.93. The summed E-state index contributed by atoms with van der Waals surface area (Å²) < 4.78 is 0. The van der Waals surface area contributed by atoms with Crippen LogP contribution in [0, 0.1) is 0 Å². The van der Waals surface area contributed by atoms with E-state index in [1.165, 1.54) is 0 Å². The normalized spacial score (nSPS) is 39.1. The summed E-state index contributed by atoms with van der Waals surface area (Å²) >= 11 is 0. The maximum atomic E-state index is 11.2. The van der Waals surface area contributed by atoms with E-state index >= 15 is 0 Å². The standard InChI is InChI=1S/C13H25N3O2/c1-3-10-9-16(7-6-15(10)2)11-4-5-13(14,8-11)12(17)18/h10-11H,3-9,14H2,1-2H3,(H,17,18). The molecule has 2 rings (SSSR count). The first kappa shape index (κ1) is 13.8. The third-order valence-corrected chi connectivity index (χ3v) is 4.75. The number of piperazine rings is 1. The van der Waals surface area contributed by atoms with Crippen LogP contribution < -0.4 is 5.73 Å². The molecule has 0 bridgehead atoms. The Morgan fingerprint density at radius 1 is 1.50 bits per heavy atom. The molecule has 0 radical (unpaired) electrons. The predicted octanol–water partition coefficient (Wildman–Crippen LogP) is 0.347. The highest BCUT2D eigenvalue weighted by Gasteiger charge is 2.44. The van der Waals surface area contributed by atoms with Crippen molar-refractivity contribution in [2.24, 2.45) is 5.73 Å². The van der Waals surface area contributed by atoms with Crippen LogP contribution in [-0.4, -0.2) is 65.2 Å². The van der Waals surface area contributed by atoms with E-state index < -0.39 is 11.5 Å². The molecule has 1 heterocycles. The largest absolute Gasteiger partial charge is 0.480 e. The second-order valence-corrected chi connectivity index (χ2v) is 5.90. The topological polar surface area (TPSA) is 69.8 Å². The number of hydrogen-bond donors (Lipinski definition) is 2. The Hall–Kier alpha value is -0.650. The zero-order chi connectivity index (χ0) is 13.3. The van der Waals surface area contributed by atoms with Crippen LogP contribution in [-0.2, 0) is 4.79 Å². The monoisotopic (exact) mass is 255 g/mol. The summed E-state index contributed by atoms with van der Waals surface area (Å²) in [5.74, 6) is -0.842. The van der Waals surface area contributed by atoms with Crippen LogP contribution >= 0.6 is 0 Å². The minimum Gasteiger partial charge on any atom is -0.480 e. The summed E-state index contributed by atoms with van der Waals surface area (Å²) in [6.45, 7) is 5.37. The molecule has 3 unspecified atom stereocenters. The van der Waals surface area contributed by atoms with Crippen LogP contribution in [0.2, 0.25) is 0 Å². The number of carbonyl (C=O) groups is 1. The van der Waals surface area contributed by atoms with Crippen LogP contribution in [0.4, 0.5) is 0 Å². The molecule has 0 aromatic rings. The molecule has 2 aliphatic rings. The molecule has 5 nitrogen and oxygen atoms in total. The molecule has 1 aliphatic carbocycles. The number of rotatable bonds is 3. The fourth-order valence-electron chi connectivity index (χ4n) is 3.30. The van der Waals surface area contributed by atoms with E-state index in [4.69, 9.17) is 5.73 Å². The third-order valence-electron chi connectivity index (χ3n) is 4.75. The molecule has 1 saturated heterocycles. The second-order valence-electron chi connectivity index (χ2n) is 5.90. The Labute approximate surface area is 109 Å². The molecule has 0 spiro atoms. The van der Waals surface area contributed by atoms with Gasteiger partial charge in [-0.2, -0.15) is 0 Å². The number of likely N-dealkylation sites (N-methyl/N-ethyl adjacent to an activating group) is 1. The van der Waals surface area contributed by atoms with Gasteiger partial charge in [-0.1, -0.05) is 6.92 Å². The van der Waals surface area contributed by atoms with Crippen LogP contribution in [0.5, 0.6) is 0 Å². The zero-order valence-electron chi connectivity index (χ0n) is 11.4. The lowest BCUT2D eigenvalue weighted by molar-refractivity contribution is -0.143. The second kappa shape index (κ2) is 5.15. The van der Waals surface area contributed by atoms with Gasteiger partial charge in [0.05, 0.1) is 0 Å². The van der Waals surface area contributed by atoms with E-state index in [0.29, 0.717) is 24.9 Å². The molecule has 18 heavy (non-hydrogen) atoms. The molecule has 2 fully saturated rings. The summed E-state index contributed by atoms with van der Waals surface area (Å²) in [6.07, 6.45) is 3.27. The van der Waals surface area contributed by atoms with Crippen molar-refractivity contribution in [1.29, 1.82) is 0 Å². The lowest BCUT2D eigenvalue weighted by Gasteiger charge is -2.42. The Balaban J connectivity index is 1.96. The number of carboxylic acid groups (broad SMARTS) is 1. The highest BCUT2D eigenvalue weighted by Crippen LogP contribution is 2.32. The van der Waals surface area contributed by atoms with E-state index in [0.717, 1.165) is 32.5 Å². The highest BCUT2D eigenvalue weighted by molar-refractivity contribution is 5.79. The van der Waals surface area contributed by atoms with Crippen molar-refractivity contribution in [3.05, 3.63) is 0 Å². The molecule has 0 aromatic carbocycles. The molecule has 5 heteroatoms. The van der Waals surface area contributed by atoms with E-state index in [9.17, 15) is 9.90 Å². The number of carboxylic acids is 1. The van der Waals surface area contributed by atoms with E-state index in [1.807, 2.05) is 0 Å². The number of hydrogen-bond acceptors (Lipinski definition) is 4. The Morgan fingerprint density at radius 2 is 2.22 bits per heavy atom. The minimum atomic E-state index is -0.990. The fraction of sp³-hybridized carbons (Fsp3) is 0.923. The van der Waals surface area contributed by atoms with Crippen LogP contribution in [0.3, 0.4) is 0 Å². The molecule has 1 saturated carbocycles. The number of aliphatic carboxylic acids is 1. The molecule has 104 valence electrons. The smallest absolute Gasteiger partial charge is 0.323 e. The van der Waals surface area contributed by atoms with Gasteiger partial charge >= 0.3 is 5.97 Å². The van der Waals surface area contributed by atoms with Crippen molar-refractivity contribution in [2.45, 2.75) is 50.2 Å². The van der Waals surface area contributed by atoms with Crippen LogP contribution in [0.25, 0.3) is 0 Å². The van der Waals surface area contributed by atoms with Crippen molar-refractivity contribution >= 4 is 5.97 Å². The van der Waals surface area contributed by atoms with E-state index in [-0.39, 0.29) is 0 Å². The van der Waals surface area contributed by atoms with E-state index in [1.54, 1.807) is 0 Å². The zero-order valence-corrected chi connectivity index (χ0v) is 11.4. The molecule has 3 atom stereocenters. The van der Waals surface area contributed by atoms with Gasteiger partial charge in [0.1, 0.15) is 5.54 Å². The van der Waals surface area contributed by atoms with Gasteiger partial charge in [0.2, 0.25) is 0 Å². The molecule has 0 amide bonds. The molecular formula is C13H25N3O2. The van der Waals surface area contributed by atoms with Crippen molar-refractivity contribution in [2.75, 3.05) is 26.7 Å². The quantitative estimate of drug-likeness (QED) is 0.761. The van der Waals surface area contributed by atoms with Gasteiger partial charge in [-0.25, -0.2) is 0 Å². The molecular weight excluding hydrogens is 230 g/mol. The van der Waals surface area contributed by atoms with Crippen molar-refractivity contribution < 1.29 is 9.90 Å². The molecule has 1 aliphatic heterocycles. The lowest BCUT2D eigenvalue weighted by atomic mass is 9.99. The van der Waals surface area contributed by atoms with Gasteiger partial charge in [0.15, 0.2) is 0 Å². The average molecular weight is 255 g/mol. The van der Waals surface area contributed by atoms with Gasteiger partial charge in [0.25, 0.3) is 0 Å². The molecule has 0 aromatic heterocycles. The Bertz CT molecular complexity index is 323. The van der Waals surface area contributed by atoms with Crippen LogP contribution in [0.1, 0.15) is 32.6 Å². The maximum Gasteiger partial charge on any atom is 0.323 e. The van der Waals surface area contributed by atoms with Crippen LogP contribution in [0.15, 0.2) is 0 Å². The molecule has 3 N–H and O–H groups in total. The summed E-state index contributed by atoms with van der Waals surface area (Å²) in [5.41, 5.74) is 4.97.